The van der Waals surface area contributed by atoms with Gasteiger partial charge in [-0.1, -0.05) is 6.92 Å². The minimum absolute atomic E-state index is 0.641. The molecule has 0 bridgehead atoms. The molecule has 0 aliphatic heterocycles. The quantitative estimate of drug-likeness (QED) is 0.736. The molecule has 2 aromatic rings. The summed E-state index contributed by atoms with van der Waals surface area (Å²) in [5, 5.41) is 0. The average Bonchev–Trinajstić information content (AvgIpc) is 3.08. The van der Waals surface area contributed by atoms with Gasteiger partial charge in [0.15, 0.2) is 0 Å². The first-order chi connectivity index (χ1) is 7.83. The fraction of sp³-hybridized carbons (Fsp3) is 0.385. The maximum atomic E-state index is 10.7. The number of nitrogens with zero attached hydrogens (tertiary/aromatic N) is 2. The van der Waals surface area contributed by atoms with Crippen molar-refractivity contribution in [2.24, 2.45) is 0 Å². The molecule has 0 unspecified atom stereocenters. The molecular formula is C13H14N2O. The lowest BCUT2D eigenvalue weighted by molar-refractivity contribution is 0.112. The van der Waals surface area contributed by atoms with E-state index in [-0.39, 0.29) is 0 Å². The van der Waals surface area contributed by atoms with Gasteiger partial charge >= 0.3 is 0 Å². The fourth-order valence-corrected chi connectivity index (χ4v) is 2.23. The molecule has 1 saturated carbocycles. The molecule has 16 heavy (non-hydrogen) atoms. The van der Waals surface area contributed by atoms with Gasteiger partial charge in [0.25, 0.3) is 0 Å². The Morgan fingerprint density at radius 2 is 2.31 bits per heavy atom. The van der Waals surface area contributed by atoms with Crippen LogP contribution < -0.4 is 0 Å². The summed E-state index contributed by atoms with van der Waals surface area (Å²) < 4.78 is 2.34. The van der Waals surface area contributed by atoms with E-state index in [4.69, 9.17) is 0 Å². The van der Waals surface area contributed by atoms with Crippen LogP contribution in [0, 0.1) is 0 Å². The lowest BCUT2D eigenvalue weighted by Gasteiger charge is -2.05. The SMILES string of the molecule is CCc1nc2cc(C=O)ccc2n1C1CC1. The number of carbonyl (C=O) groups is 1. The third-order valence-corrected chi connectivity index (χ3v) is 3.15. The Morgan fingerprint density at radius 3 is 2.94 bits per heavy atom. The first-order valence-electron chi connectivity index (χ1n) is 5.79. The molecule has 0 atom stereocenters. The zero-order valence-electron chi connectivity index (χ0n) is 9.31. The van der Waals surface area contributed by atoms with Crippen LogP contribution in [0.2, 0.25) is 0 Å². The molecule has 1 fully saturated rings. The van der Waals surface area contributed by atoms with E-state index < -0.39 is 0 Å². The van der Waals surface area contributed by atoms with E-state index in [1.807, 2.05) is 18.2 Å². The van der Waals surface area contributed by atoms with Crippen molar-refractivity contribution in [1.29, 1.82) is 0 Å². The minimum atomic E-state index is 0.641. The van der Waals surface area contributed by atoms with Crippen LogP contribution in [0.1, 0.15) is 42.0 Å². The molecule has 0 radical (unpaired) electrons. The Kier molecular flexibility index (Phi) is 2.06. The molecule has 1 aromatic heterocycles. The van der Waals surface area contributed by atoms with E-state index in [1.165, 1.54) is 18.4 Å². The van der Waals surface area contributed by atoms with Crippen molar-refractivity contribution in [3.8, 4) is 0 Å². The molecule has 82 valence electrons. The normalized spacial score (nSPS) is 15.6. The van der Waals surface area contributed by atoms with Crippen LogP contribution in [-0.2, 0) is 6.42 Å². The van der Waals surface area contributed by atoms with Crippen molar-refractivity contribution in [2.45, 2.75) is 32.2 Å². The molecule has 0 spiro atoms. The van der Waals surface area contributed by atoms with Crippen LogP contribution in [0.3, 0.4) is 0 Å². The number of aromatic nitrogens is 2. The largest absolute Gasteiger partial charge is 0.325 e. The first-order valence-corrected chi connectivity index (χ1v) is 5.79. The summed E-state index contributed by atoms with van der Waals surface area (Å²) in [5.74, 6) is 1.14. The van der Waals surface area contributed by atoms with Crippen LogP contribution >= 0.6 is 0 Å². The lowest BCUT2D eigenvalue weighted by Crippen LogP contribution is -1.99. The van der Waals surface area contributed by atoms with Crippen LogP contribution in [-0.4, -0.2) is 15.8 Å². The van der Waals surface area contributed by atoms with Gasteiger partial charge in [-0.25, -0.2) is 4.98 Å². The Bertz CT molecular complexity index is 552. The summed E-state index contributed by atoms with van der Waals surface area (Å²) in [7, 11) is 0. The third kappa shape index (κ3) is 1.35. The summed E-state index contributed by atoms with van der Waals surface area (Å²) in [4.78, 5) is 15.3. The maximum Gasteiger partial charge on any atom is 0.150 e. The molecule has 1 aliphatic rings. The molecule has 3 rings (SSSR count). The van der Waals surface area contributed by atoms with Crippen molar-refractivity contribution >= 4 is 17.3 Å². The fourth-order valence-electron chi connectivity index (χ4n) is 2.23. The van der Waals surface area contributed by atoms with Gasteiger partial charge < -0.3 is 4.57 Å². The highest BCUT2D eigenvalue weighted by Crippen LogP contribution is 2.38. The second-order valence-corrected chi connectivity index (χ2v) is 4.35. The Labute approximate surface area is 94.1 Å². The summed E-state index contributed by atoms with van der Waals surface area (Å²) in [6, 6.07) is 6.40. The second-order valence-electron chi connectivity index (χ2n) is 4.35. The number of hydrogen-bond donors (Lipinski definition) is 0. The molecule has 1 heterocycles. The number of benzene rings is 1. The van der Waals surface area contributed by atoms with Crippen molar-refractivity contribution in [3.63, 3.8) is 0 Å². The van der Waals surface area contributed by atoms with Crippen molar-refractivity contribution in [3.05, 3.63) is 29.6 Å². The summed E-state index contributed by atoms with van der Waals surface area (Å²) in [5.41, 5.74) is 2.83. The molecule has 1 aliphatic carbocycles. The van der Waals surface area contributed by atoms with E-state index in [9.17, 15) is 4.79 Å². The van der Waals surface area contributed by atoms with E-state index in [0.29, 0.717) is 11.6 Å². The van der Waals surface area contributed by atoms with Gasteiger partial charge in [-0.15, -0.1) is 0 Å². The highest BCUT2D eigenvalue weighted by molar-refractivity contribution is 5.85. The minimum Gasteiger partial charge on any atom is -0.325 e. The first kappa shape index (κ1) is 9.58. The van der Waals surface area contributed by atoms with Gasteiger partial charge in [0.2, 0.25) is 0 Å². The highest BCUT2D eigenvalue weighted by Gasteiger charge is 2.27. The van der Waals surface area contributed by atoms with Gasteiger partial charge in [0.05, 0.1) is 11.0 Å². The van der Waals surface area contributed by atoms with Gasteiger partial charge in [-0.3, -0.25) is 4.79 Å². The van der Waals surface area contributed by atoms with Crippen LogP contribution in [0.25, 0.3) is 11.0 Å². The average molecular weight is 214 g/mol. The molecule has 3 heteroatoms. The van der Waals surface area contributed by atoms with Crippen LogP contribution in [0.15, 0.2) is 18.2 Å². The van der Waals surface area contributed by atoms with Crippen molar-refractivity contribution in [1.82, 2.24) is 9.55 Å². The van der Waals surface area contributed by atoms with Crippen LogP contribution in [0.4, 0.5) is 0 Å². The smallest absolute Gasteiger partial charge is 0.150 e. The Hall–Kier alpha value is -1.64. The highest BCUT2D eigenvalue weighted by atomic mass is 16.1. The zero-order chi connectivity index (χ0) is 11.1. The molecule has 3 nitrogen and oxygen atoms in total. The topological polar surface area (TPSA) is 34.9 Å². The van der Waals surface area contributed by atoms with Gasteiger partial charge in [-0.05, 0) is 31.0 Å². The predicted octanol–water partition coefficient (Wildman–Crippen LogP) is 2.75. The van der Waals surface area contributed by atoms with Crippen molar-refractivity contribution in [2.75, 3.05) is 0 Å². The number of aldehydes is 1. The Balaban J connectivity index is 2.25. The number of carbonyl (C=O) groups excluding carboxylic acids is 1. The molecule has 0 amide bonds. The summed E-state index contributed by atoms with van der Waals surface area (Å²) in [6.07, 6.45) is 4.34. The number of aryl methyl sites for hydroxylation is 1. The van der Waals surface area contributed by atoms with E-state index in [0.717, 1.165) is 24.0 Å². The number of fused-ring (bicyclic) bond motifs is 1. The third-order valence-electron chi connectivity index (χ3n) is 3.15. The monoisotopic (exact) mass is 214 g/mol. The number of rotatable bonds is 3. The molecular weight excluding hydrogens is 200 g/mol. The van der Waals surface area contributed by atoms with Gasteiger partial charge in [0, 0.05) is 18.0 Å². The second kappa shape index (κ2) is 3.44. The zero-order valence-corrected chi connectivity index (χ0v) is 9.31. The van der Waals surface area contributed by atoms with Crippen LogP contribution in [0.5, 0.6) is 0 Å². The summed E-state index contributed by atoms with van der Waals surface area (Å²) in [6.45, 7) is 2.13. The van der Waals surface area contributed by atoms with E-state index >= 15 is 0 Å². The van der Waals surface area contributed by atoms with Gasteiger partial charge in [-0.2, -0.15) is 0 Å². The Morgan fingerprint density at radius 1 is 1.50 bits per heavy atom. The van der Waals surface area contributed by atoms with E-state index in [1.54, 1.807) is 0 Å². The lowest BCUT2D eigenvalue weighted by atomic mass is 10.2. The van der Waals surface area contributed by atoms with E-state index in [2.05, 4.69) is 16.5 Å². The number of imidazole rings is 1. The molecule has 0 N–H and O–H groups in total. The van der Waals surface area contributed by atoms with Gasteiger partial charge in [0.1, 0.15) is 12.1 Å². The molecule has 0 saturated heterocycles. The maximum absolute atomic E-state index is 10.7. The molecule has 1 aromatic carbocycles. The summed E-state index contributed by atoms with van der Waals surface area (Å²) >= 11 is 0. The standard InChI is InChI=1S/C13H14N2O/c1-2-13-14-11-7-9(8-16)3-6-12(11)15(13)10-4-5-10/h3,6-8,10H,2,4-5H2,1H3. The predicted molar refractivity (Wildman–Crippen MR) is 62.8 cm³/mol. The van der Waals surface area contributed by atoms with Crippen molar-refractivity contribution < 1.29 is 4.79 Å². The number of hydrogen-bond acceptors (Lipinski definition) is 2.